The maximum atomic E-state index is 2.66. The number of benzene rings is 2. The molecule has 1 heterocycles. The highest BCUT2D eigenvalue weighted by Crippen LogP contribution is 2.27. The summed E-state index contributed by atoms with van der Waals surface area (Å²) in [5, 5.41) is 0. The van der Waals surface area contributed by atoms with Crippen molar-refractivity contribution in [2.24, 2.45) is 0 Å². The minimum absolute atomic E-state index is 0.587. The molecular formula is C22H30N2S. The summed E-state index contributed by atoms with van der Waals surface area (Å²) >= 11 is 1.85. The average Bonchev–Trinajstić information content (AvgIpc) is 2.67. The largest absolute Gasteiger partial charge is 0.303 e. The number of hydrogen-bond acceptors (Lipinski definition) is 3. The van der Waals surface area contributed by atoms with Gasteiger partial charge in [-0.2, -0.15) is 0 Å². The SMILES string of the molecule is CN(CC(CCN1CCCCC1)c1ccccc1)Sc1ccccc1. The van der Waals surface area contributed by atoms with Gasteiger partial charge in [0.05, 0.1) is 0 Å². The van der Waals surface area contributed by atoms with E-state index in [1.807, 2.05) is 11.9 Å². The number of nitrogens with zero attached hydrogens (tertiary/aromatic N) is 2. The Hall–Kier alpha value is -1.29. The lowest BCUT2D eigenvalue weighted by Gasteiger charge is -2.30. The topological polar surface area (TPSA) is 6.48 Å². The van der Waals surface area contributed by atoms with Gasteiger partial charge in [0, 0.05) is 11.4 Å². The fourth-order valence-electron chi connectivity index (χ4n) is 3.62. The van der Waals surface area contributed by atoms with Crippen molar-refractivity contribution >= 4 is 11.9 Å². The first-order valence-electron chi connectivity index (χ1n) is 9.53. The summed E-state index contributed by atoms with van der Waals surface area (Å²) in [6.07, 6.45) is 5.40. The molecular weight excluding hydrogens is 324 g/mol. The van der Waals surface area contributed by atoms with E-state index in [1.165, 1.54) is 55.8 Å². The molecule has 1 fully saturated rings. The standard InChI is InChI=1S/C22H30N2S/c1-23(25-22-13-7-3-8-14-22)19-21(20-11-5-2-6-12-20)15-18-24-16-9-4-10-17-24/h2-3,5-8,11-14,21H,4,9-10,15-19H2,1H3. The van der Waals surface area contributed by atoms with Gasteiger partial charge in [0.1, 0.15) is 0 Å². The number of likely N-dealkylation sites (N-methyl/N-ethyl adjacent to an activating group) is 1. The lowest BCUT2D eigenvalue weighted by atomic mass is 9.95. The van der Waals surface area contributed by atoms with Crippen molar-refractivity contribution in [1.82, 2.24) is 9.21 Å². The number of likely N-dealkylation sites (tertiary alicyclic amines) is 1. The minimum Gasteiger partial charge on any atom is -0.303 e. The molecule has 0 amide bonds. The summed E-state index contributed by atoms with van der Waals surface area (Å²) in [5.74, 6) is 0.587. The molecule has 0 bridgehead atoms. The fourth-order valence-corrected chi connectivity index (χ4v) is 4.51. The Morgan fingerprint density at radius 2 is 1.56 bits per heavy atom. The van der Waals surface area contributed by atoms with Crippen molar-refractivity contribution in [2.75, 3.05) is 33.2 Å². The first-order valence-corrected chi connectivity index (χ1v) is 10.3. The molecule has 1 aliphatic rings. The Morgan fingerprint density at radius 3 is 2.24 bits per heavy atom. The fraction of sp³-hybridized carbons (Fsp3) is 0.455. The molecule has 3 heteroatoms. The van der Waals surface area contributed by atoms with Crippen molar-refractivity contribution in [3.8, 4) is 0 Å². The van der Waals surface area contributed by atoms with Crippen molar-refractivity contribution in [1.29, 1.82) is 0 Å². The van der Waals surface area contributed by atoms with Gasteiger partial charge in [0.25, 0.3) is 0 Å². The Balaban J connectivity index is 1.59. The van der Waals surface area contributed by atoms with Crippen LogP contribution < -0.4 is 0 Å². The highest BCUT2D eigenvalue weighted by atomic mass is 32.2. The maximum absolute atomic E-state index is 2.66. The van der Waals surface area contributed by atoms with Crippen LogP contribution in [0, 0.1) is 0 Å². The first-order chi connectivity index (χ1) is 12.3. The Bertz CT molecular complexity index is 596. The second kappa shape index (κ2) is 10.0. The molecule has 0 N–H and O–H groups in total. The molecule has 0 saturated carbocycles. The van der Waals surface area contributed by atoms with Crippen LogP contribution in [-0.2, 0) is 0 Å². The number of piperidine rings is 1. The van der Waals surface area contributed by atoms with Crippen molar-refractivity contribution in [3.05, 3.63) is 66.2 Å². The van der Waals surface area contributed by atoms with E-state index < -0.39 is 0 Å². The van der Waals surface area contributed by atoms with E-state index in [0.29, 0.717) is 5.92 Å². The molecule has 0 aromatic heterocycles. The average molecular weight is 355 g/mol. The molecule has 134 valence electrons. The summed E-state index contributed by atoms with van der Waals surface area (Å²) in [6, 6.07) is 21.7. The van der Waals surface area contributed by atoms with Gasteiger partial charge in [0.15, 0.2) is 0 Å². The molecule has 1 unspecified atom stereocenters. The summed E-state index contributed by atoms with van der Waals surface area (Å²) in [7, 11) is 2.22. The highest BCUT2D eigenvalue weighted by molar-refractivity contribution is 7.97. The van der Waals surface area contributed by atoms with Crippen LogP contribution in [0.5, 0.6) is 0 Å². The highest BCUT2D eigenvalue weighted by Gasteiger charge is 2.17. The quantitative estimate of drug-likeness (QED) is 0.595. The van der Waals surface area contributed by atoms with E-state index in [1.54, 1.807) is 0 Å². The van der Waals surface area contributed by atoms with Gasteiger partial charge in [0.2, 0.25) is 0 Å². The normalized spacial score (nSPS) is 16.9. The molecule has 2 aromatic carbocycles. The van der Waals surface area contributed by atoms with Gasteiger partial charge in [-0.25, -0.2) is 4.31 Å². The molecule has 1 atom stereocenters. The lowest BCUT2D eigenvalue weighted by Crippen LogP contribution is -2.32. The molecule has 3 rings (SSSR count). The van der Waals surface area contributed by atoms with Crippen molar-refractivity contribution in [2.45, 2.75) is 36.5 Å². The monoisotopic (exact) mass is 354 g/mol. The second-order valence-electron chi connectivity index (χ2n) is 7.01. The van der Waals surface area contributed by atoms with Crippen LogP contribution in [-0.4, -0.2) is 42.4 Å². The van der Waals surface area contributed by atoms with Crippen LogP contribution in [0.3, 0.4) is 0 Å². The predicted molar refractivity (Wildman–Crippen MR) is 109 cm³/mol. The third-order valence-electron chi connectivity index (χ3n) is 5.00. The molecule has 25 heavy (non-hydrogen) atoms. The van der Waals surface area contributed by atoms with Crippen LogP contribution in [0.15, 0.2) is 65.6 Å². The van der Waals surface area contributed by atoms with E-state index >= 15 is 0 Å². The van der Waals surface area contributed by atoms with E-state index in [-0.39, 0.29) is 0 Å². The maximum Gasteiger partial charge on any atom is 0.0230 e. The molecule has 1 saturated heterocycles. The van der Waals surface area contributed by atoms with Crippen LogP contribution in [0.1, 0.15) is 37.2 Å². The number of rotatable bonds is 8. The summed E-state index contributed by atoms with van der Waals surface area (Å²) in [4.78, 5) is 3.97. The third-order valence-corrected chi connectivity index (χ3v) is 5.94. The third kappa shape index (κ3) is 6.18. The zero-order valence-corrected chi connectivity index (χ0v) is 16.1. The molecule has 0 spiro atoms. The molecule has 2 nitrogen and oxygen atoms in total. The van der Waals surface area contributed by atoms with Gasteiger partial charge >= 0.3 is 0 Å². The smallest absolute Gasteiger partial charge is 0.0230 e. The minimum atomic E-state index is 0.587. The Kier molecular flexibility index (Phi) is 7.40. The lowest BCUT2D eigenvalue weighted by molar-refractivity contribution is 0.218. The van der Waals surface area contributed by atoms with Crippen molar-refractivity contribution in [3.63, 3.8) is 0 Å². The zero-order valence-electron chi connectivity index (χ0n) is 15.3. The second-order valence-corrected chi connectivity index (χ2v) is 8.29. The zero-order chi connectivity index (χ0) is 17.3. The van der Waals surface area contributed by atoms with Gasteiger partial charge < -0.3 is 4.90 Å². The predicted octanol–water partition coefficient (Wildman–Crippen LogP) is 5.29. The van der Waals surface area contributed by atoms with Crippen LogP contribution >= 0.6 is 11.9 Å². The number of hydrogen-bond donors (Lipinski definition) is 0. The summed E-state index contributed by atoms with van der Waals surface area (Å²) < 4.78 is 2.39. The van der Waals surface area contributed by atoms with Crippen LogP contribution in [0.25, 0.3) is 0 Å². The van der Waals surface area contributed by atoms with Crippen molar-refractivity contribution < 1.29 is 0 Å². The molecule has 0 aliphatic carbocycles. The van der Waals surface area contributed by atoms with Gasteiger partial charge in [-0.1, -0.05) is 55.0 Å². The summed E-state index contributed by atoms with van der Waals surface area (Å²) in [5.41, 5.74) is 1.47. The van der Waals surface area contributed by atoms with Gasteiger partial charge in [-0.3, -0.25) is 0 Å². The van der Waals surface area contributed by atoms with Crippen LogP contribution in [0.4, 0.5) is 0 Å². The van der Waals surface area contributed by atoms with Crippen LogP contribution in [0.2, 0.25) is 0 Å². The van der Waals surface area contributed by atoms with Gasteiger partial charge in [-0.05, 0) is 81.5 Å². The van der Waals surface area contributed by atoms with Gasteiger partial charge in [-0.15, -0.1) is 0 Å². The van der Waals surface area contributed by atoms with E-state index in [2.05, 4.69) is 76.9 Å². The van der Waals surface area contributed by atoms with E-state index in [4.69, 9.17) is 0 Å². The first kappa shape index (κ1) is 18.5. The molecule has 1 aliphatic heterocycles. The Morgan fingerprint density at radius 1 is 0.920 bits per heavy atom. The molecule has 0 radical (unpaired) electrons. The van der Waals surface area contributed by atoms with E-state index in [0.717, 1.165) is 6.54 Å². The van der Waals surface area contributed by atoms with E-state index in [9.17, 15) is 0 Å². The molecule has 2 aromatic rings. The summed E-state index contributed by atoms with van der Waals surface area (Å²) in [6.45, 7) is 4.88. The Labute approximate surface area is 157 Å².